The Morgan fingerprint density at radius 1 is 1.12 bits per heavy atom. The van der Waals surface area contributed by atoms with Gasteiger partial charge in [0.1, 0.15) is 0 Å². The Bertz CT molecular complexity index is 745. The minimum Gasteiger partial charge on any atom is -0.454 e. The monoisotopic (exact) mass is 340 g/mol. The van der Waals surface area contributed by atoms with Crippen LogP contribution in [-0.4, -0.2) is 48.9 Å². The van der Waals surface area contributed by atoms with Gasteiger partial charge in [0, 0.05) is 56.9 Å². The summed E-state index contributed by atoms with van der Waals surface area (Å²) in [6, 6.07) is 9.75. The third-order valence-electron chi connectivity index (χ3n) is 4.45. The fourth-order valence-corrected chi connectivity index (χ4v) is 3.04. The zero-order chi connectivity index (χ0) is 17.1. The average molecular weight is 340 g/mol. The molecule has 0 aliphatic carbocycles. The highest BCUT2D eigenvalue weighted by atomic mass is 16.7. The van der Waals surface area contributed by atoms with Gasteiger partial charge in [-0.1, -0.05) is 6.07 Å². The van der Waals surface area contributed by atoms with E-state index in [0.29, 0.717) is 19.6 Å². The van der Waals surface area contributed by atoms with E-state index in [1.807, 2.05) is 35.2 Å². The van der Waals surface area contributed by atoms with Gasteiger partial charge in [-0.25, -0.2) is 4.79 Å². The predicted octanol–water partition coefficient (Wildman–Crippen LogP) is 1.84. The van der Waals surface area contributed by atoms with Crippen LogP contribution in [0.4, 0.5) is 10.5 Å². The number of anilines is 1. The highest BCUT2D eigenvalue weighted by Crippen LogP contribution is 2.35. The quantitative estimate of drug-likeness (QED) is 0.923. The molecule has 0 spiro atoms. The highest BCUT2D eigenvalue weighted by Gasteiger charge is 2.22. The molecule has 3 heterocycles. The molecule has 2 aliphatic rings. The summed E-state index contributed by atoms with van der Waals surface area (Å²) in [5.74, 6) is 1.58. The first-order chi connectivity index (χ1) is 12.3. The summed E-state index contributed by atoms with van der Waals surface area (Å²) in [5.41, 5.74) is 2.09. The number of carbonyl (C=O) groups is 1. The topological polar surface area (TPSA) is 66.9 Å². The maximum Gasteiger partial charge on any atom is 0.317 e. The van der Waals surface area contributed by atoms with Crippen molar-refractivity contribution in [1.29, 1.82) is 0 Å². The van der Waals surface area contributed by atoms with Crippen LogP contribution in [0.2, 0.25) is 0 Å². The molecule has 0 radical (unpaired) electrons. The van der Waals surface area contributed by atoms with Gasteiger partial charge in [-0.3, -0.25) is 4.98 Å². The van der Waals surface area contributed by atoms with Gasteiger partial charge in [0.15, 0.2) is 11.5 Å². The molecule has 130 valence electrons. The summed E-state index contributed by atoms with van der Waals surface area (Å²) in [6.45, 7) is 3.74. The number of hydrogen-bond acceptors (Lipinski definition) is 5. The van der Waals surface area contributed by atoms with Gasteiger partial charge in [-0.15, -0.1) is 0 Å². The molecule has 1 aromatic heterocycles. The Morgan fingerprint density at radius 2 is 1.96 bits per heavy atom. The molecule has 1 fully saturated rings. The van der Waals surface area contributed by atoms with Crippen molar-refractivity contribution >= 4 is 11.7 Å². The fourth-order valence-electron chi connectivity index (χ4n) is 3.04. The van der Waals surface area contributed by atoms with Crippen LogP contribution in [0.25, 0.3) is 0 Å². The number of fused-ring (bicyclic) bond motifs is 1. The van der Waals surface area contributed by atoms with Gasteiger partial charge in [0.25, 0.3) is 0 Å². The van der Waals surface area contributed by atoms with Crippen molar-refractivity contribution in [2.75, 3.05) is 37.9 Å². The van der Waals surface area contributed by atoms with E-state index in [0.717, 1.165) is 35.8 Å². The fraction of sp³-hybridized carbons (Fsp3) is 0.333. The van der Waals surface area contributed by atoms with Crippen molar-refractivity contribution in [2.24, 2.45) is 0 Å². The Hall–Kier alpha value is -2.96. The van der Waals surface area contributed by atoms with Gasteiger partial charge in [-0.05, 0) is 23.8 Å². The summed E-state index contributed by atoms with van der Waals surface area (Å²) in [5, 5.41) is 2.95. The lowest BCUT2D eigenvalue weighted by atomic mass is 10.2. The maximum atomic E-state index is 12.3. The molecule has 0 bridgehead atoms. The largest absolute Gasteiger partial charge is 0.454 e. The number of piperazine rings is 1. The Morgan fingerprint density at radius 3 is 2.76 bits per heavy atom. The summed E-state index contributed by atoms with van der Waals surface area (Å²) < 4.78 is 10.8. The molecule has 0 saturated carbocycles. The molecular weight excluding hydrogens is 320 g/mol. The number of benzene rings is 1. The van der Waals surface area contributed by atoms with Crippen molar-refractivity contribution in [1.82, 2.24) is 15.2 Å². The van der Waals surface area contributed by atoms with E-state index in [1.54, 1.807) is 12.4 Å². The van der Waals surface area contributed by atoms with E-state index < -0.39 is 0 Å². The first-order valence-corrected chi connectivity index (χ1v) is 8.36. The molecule has 2 aromatic rings. The van der Waals surface area contributed by atoms with Crippen molar-refractivity contribution in [3.8, 4) is 11.5 Å². The smallest absolute Gasteiger partial charge is 0.317 e. The number of aromatic nitrogens is 1. The molecule has 25 heavy (non-hydrogen) atoms. The first kappa shape index (κ1) is 15.6. The summed E-state index contributed by atoms with van der Waals surface area (Å²) in [7, 11) is 0. The summed E-state index contributed by atoms with van der Waals surface area (Å²) >= 11 is 0. The van der Waals surface area contributed by atoms with Gasteiger partial charge in [-0.2, -0.15) is 0 Å². The van der Waals surface area contributed by atoms with Crippen LogP contribution in [0.5, 0.6) is 11.5 Å². The summed E-state index contributed by atoms with van der Waals surface area (Å²) in [4.78, 5) is 20.5. The number of amides is 2. The van der Waals surface area contributed by atoms with E-state index in [1.165, 1.54) is 0 Å². The number of ether oxygens (including phenoxy) is 2. The molecule has 2 amide bonds. The second-order valence-corrected chi connectivity index (χ2v) is 6.03. The lowest BCUT2D eigenvalue weighted by Gasteiger charge is -2.36. The number of carbonyl (C=O) groups excluding carboxylic acids is 1. The van der Waals surface area contributed by atoms with Gasteiger partial charge in [0.05, 0.1) is 0 Å². The zero-order valence-electron chi connectivity index (χ0n) is 13.9. The second kappa shape index (κ2) is 6.88. The second-order valence-electron chi connectivity index (χ2n) is 6.03. The van der Waals surface area contributed by atoms with E-state index in [9.17, 15) is 4.79 Å². The van der Waals surface area contributed by atoms with E-state index >= 15 is 0 Å². The average Bonchev–Trinajstić information content (AvgIpc) is 3.15. The molecule has 2 aliphatic heterocycles. The lowest BCUT2D eigenvalue weighted by Crippen LogP contribution is -2.51. The van der Waals surface area contributed by atoms with Crippen LogP contribution in [0.1, 0.15) is 5.56 Å². The van der Waals surface area contributed by atoms with E-state index in [4.69, 9.17) is 9.47 Å². The van der Waals surface area contributed by atoms with Gasteiger partial charge in [0.2, 0.25) is 6.79 Å². The molecular formula is C18H20N4O3. The first-order valence-electron chi connectivity index (χ1n) is 8.36. The van der Waals surface area contributed by atoms with E-state index in [2.05, 4.69) is 15.2 Å². The third kappa shape index (κ3) is 3.45. The third-order valence-corrected chi connectivity index (χ3v) is 4.45. The van der Waals surface area contributed by atoms with E-state index in [-0.39, 0.29) is 12.8 Å². The van der Waals surface area contributed by atoms with Gasteiger partial charge < -0.3 is 24.6 Å². The highest BCUT2D eigenvalue weighted by molar-refractivity contribution is 5.74. The van der Waals surface area contributed by atoms with Crippen molar-refractivity contribution < 1.29 is 14.3 Å². The Labute approximate surface area is 146 Å². The van der Waals surface area contributed by atoms with Crippen LogP contribution in [0.3, 0.4) is 0 Å². The van der Waals surface area contributed by atoms with Crippen LogP contribution in [-0.2, 0) is 6.54 Å². The number of nitrogens with one attached hydrogen (secondary N) is 1. The van der Waals surface area contributed by atoms with Crippen LogP contribution in [0.15, 0.2) is 42.7 Å². The van der Waals surface area contributed by atoms with Crippen molar-refractivity contribution in [3.05, 3.63) is 48.3 Å². The number of rotatable bonds is 3. The lowest BCUT2D eigenvalue weighted by molar-refractivity contribution is 0.174. The number of hydrogen-bond donors (Lipinski definition) is 1. The van der Waals surface area contributed by atoms with Crippen LogP contribution >= 0.6 is 0 Å². The zero-order valence-corrected chi connectivity index (χ0v) is 13.9. The standard InChI is InChI=1S/C18H20N4O3/c23-18(20-12-14-2-1-5-19-11-14)22-8-6-21(7-9-22)15-3-4-16-17(10-15)25-13-24-16/h1-5,10-11H,6-9,12-13H2,(H,20,23). The molecule has 0 atom stereocenters. The molecule has 1 saturated heterocycles. The minimum absolute atomic E-state index is 0.0332. The van der Waals surface area contributed by atoms with Crippen molar-refractivity contribution in [2.45, 2.75) is 6.54 Å². The number of pyridine rings is 1. The number of nitrogens with zero attached hydrogens (tertiary/aromatic N) is 3. The SMILES string of the molecule is O=C(NCc1cccnc1)N1CCN(c2ccc3c(c2)OCO3)CC1. The minimum atomic E-state index is -0.0332. The molecule has 7 heteroatoms. The Balaban J connectivity index is 1.30. The maximum absolute atomic E-state index is 12.3. The number of urea groups is 1. The molecule has 0 unspecified atom stereocenters. The summed E-state index contributed by atoms with van der Waals surface area (Å²) in [6.07, 6.45) is 3.48. The predicted molar refractivity (Wildman–Crippen MR) is 92.8 cm³/mol. The normalized spacial score (nSPS) is 16.0. The van der Waals surface area contributed by atoms with Crippen molar-refractivity contribution in [3.63, 3.8) is 0 Å². The molecule has 4 rings (SSSR count). The van der Waals surface area contributed by atoms with Crippen LogP contribution in [0, 0.1) is 0 Å². The molecule has 7 nitrogen and oxygen atoms in total. The molecule has 1 N–H and O–H groups in total. The van der Waals surface area contributed by atoms with Gasteiger partial charge >= 0.3 is 6.03 Å². The Kier molecular flexibility index (Phi) is 4.28. The van der Waals surface area contributed by atoms with Crippen LogP contribution < -0.4 is 19.7 Å². The molecule has 1 aromatic carbocycles.